The van der Waals surface area contributed by atoms with Crippen LogP contribution >= 0.6 is 24.8 Å². The molecule has 0 bridgehead atoms. The van der Waals surface area contributed by atoms with Crippen LogP contribution in [0.25, 0.3) is 11.0 Å². The van der Waals surface area contributed by atoms with Gasteiger partial charge in [0, 0.05) is 36.1 Å². The number of hydrogen-bond donors (Lipinski definition) is 3. The summed E-state index contributed by atoms with van der Waals surface area (Å²) in [4.78, 5) is 24.3. The summed E-state index contributed by atoms with van der Waals surface area (Å²) in [5.74, 6) is 0.322. The fourth-order valence-corrected chi connectivity index (χ4v) is 3.72. The minimum Gasteiger partial charge on any atom is -0.369 e. The number of benzene rings is 2. The molecular weight excluding hydrogens is 459 g/mol. The van der Waals surface area contributed by atoms with Gasteiger partial charge in [-0.15, -0.1) is 24.8 Å². The zero-order chi connectivity index (χ0) is 21.6. The number of anilines is 2. The van der Waals surface area contributed by atoms with Crippen molar-refractivity contribution in [1.29, 1.82) is 0 Å². The number of H-pyrrole nitrogens is 1. The molecule has 0 fully saturated rings. The van der Waals surface area contributed by atoms with Gasteiger partial charge in [0.2, 0.25) is 5.95 Å². The Morgan fingerprint density at radius 2 is 1.88 bits per heavy atom. The van der Waals surface area contributed by atoms with Crippen molar-refractivity contribution < 1.29 is 4.79 Å². The number of hydrogen-bond acceptors (Lipinski definition) is 4. The number of nitrogen functional groups attached to an aromatic ring is 1. The van der Waals surface area contributed by atoms with Crippen molar-refractivity contribution in [3.05, 3.63) is 71.8 Å². The topological polar surface area (TPSA) is 102 Å². The van der Waals surface area contributed by atoms with Gasteiger partial charge < -0.3 is 20.6 Å². The highest BCUT2D eigenvalue weighted by Gasteiger charge is 2.11. The smallest absolute Gasteiger partial charge is 0.255 e. The molecule has 0 aliphatic rings. The Hall–Kier alpha value is -3.03. The fourth-order valence-electron chi connectivity index (χ4n) is 3.72. The van der Waals surface area contributed by atoms with E-state index in [2.05, 4.69) is 27.2 Å². The first-order valence-electron chi connectivity index (χ1n) is 10.8. The SMILES string of the molecule is CCCCCc1ccc(C(=O)Nc2ccc3c(c2)nc(N)n3CCc2cnc[nH]2)cc1.Cl.Cl. The standard InChI is InChI=1S/C24H28N6O.2ClH/c1-2-3-4-5-17-6-8-18(9-7-17)23(31)28-19-10-11-22-21(14-19)29-24(25)30(22)13-12-20-15-26-16-27-20;;/h6-11,14-16H,2-5,12-13H2,1H3,(H2,25,29)(H,26,27)(H,28,31);2*1H. The quantitative estimate of drug-likeness (QED) is 0.274. The first kappa shape index (κ1) is 26.2. The van der Waals surface area contributed by atoms with Crippen LogP contribution in [-0.4, -0.2) is 25.4 Å². The number of nitrogens with two attached hydrogens (primary N) is 1. The van der Waals surface area contributed by atoms with Crippen LogP contribution in [0.15, 0.2) is 55.0 Å². The van der Waals surface area contributed by atoms with Crippen LogP contribution in [-0.2, 0) is 19.4 Å². The number of aromatic nitrogens is 4. The number of nitrogens with one attached hydrogen (secondary N) is 2. The highest BCUT2D eigenvalue weighted by Crippen LogP contribution is 2.23. The van der Waals surface area contributed by atoms with Gasteiger partial charge in [-0.05, 0) is 48.7 Å². The lowest BCUT2D eigenvalue weighted by Gasteiger charge is -2.08. The lowest BCUT2D eigenvalue weighted by atomic mass is 10.1. The van der Waals surface area contributed by atoms with Crippen LogP contribution in [0.5, 0.6) is 0 Å². The molecule has 1 amide bonds. The molecule has 33 heavy (non-hydrogen) atoms. The predicted molar refractivity (Wildman–Crippen MR) is 139 cm³/mol. The van der Waals surface area contributed by atoms with Crippen molar-refractivity contribution in [3.63, 3.8) is 0 Å². The summed E-state index contributed by atoms with van der Waals surface area (Å²) >= 11 is 0. The van der Waals surface area contributed by atoms with Crippen LogP contribution in [0.3, 0.4) is 0 Å². The number of carbonyl (C=O) groups excluding carboxylic acids is 1. The third-order valence-corrected chi connectivity index (χ3v) is 5.48. The maximum absolute atomic E-state index is 12.7. The minimum atomic E-state index is -0.133. The molecule has 4 rings (SSSR count). The van der Waals surface area contributed by atoms with Crippen LogP contribution in [0.4, 0.5) is 11.6 Å². The van der Waals surface area contributed by atoms with E-state index < -0.39 is 0 Å². The van der Waals surface area contributed by atoms with Gasteiger partial charge in [-0.3, -0.25) is 4.79 Å². The van der Waals surface area contributed by atoms with Crippen LogP contribution < -0.4 is 11.1 Å². The average Bonchev–Trinajstić information content (AvgIpc) is 3.39. The number of aromatic amines is 1. The second-order valence-electron chi connectivity index (χ2n) is 7.76. The highest BCUT2D eigenvalue weighted by atomic mass is 35.5. The molecule has 0 atom stereocenters. The normalized spacial score (nSPS) is 10.5. The summed E-state index contributed by atoms with van der Waals surface area (Å²) in [5.41, 5.74) is 11.5. The first-order chi connectivity index (χ1) is 15.1. The summed E-state index contributed by atoms with van der Waals surface area (Å²) in [5, 5.41) is 2.96. The van der Waals surface area contributed by atoms with E-state index in [-0.39, 0.29) is 30.7 Å². The summed E-state index contributed by atoms with van der Waals surface area (Å²) < 4.78 is 1.97. The molecule has 2 aromatic heterocycles. The first-order valence-corrected chi connectivity index (χ1v) is 10.8. The predicted octanol–water partition coefficient (Wildman–Crippen LogP) is 5.41. The summed E-state index contributed by atoms with van der Waals surface area (Å²) in [6.07, 6.45) is 8.92. The van der Waals surface area contributed by atoms with Gasteiger partial charge in [-0.2, -0.15) is 0 Å². The van der Waals surface area contributed by atoms with Crippen molar-refractivity contribution >= 4 is 53.4 Å². The second kappa shape index (κ2) is 12.3. The van der Waals surface area contributed by atoms with Gasteiger partial charge in [0.15, 0.2) is 0 Å². The maximum Gasteiger partial charge on any atom is 0.255 e. The van der Waals surface area contributed by atoms with Crippen LogP contribution in [0.2, 0.25) is 0 Å². The molecule has 0 unspecified atom stereocenters. The molecule has 4 N–H and O–H groups in total. The third-order valence-electron chi connectivity index (χ3n) is 5.48. The maximum atomic E-state index is 12.7. The zero-order valence-electron chi connectivity index (χ0n) is 18.6. The zero-order valence-corrected chi connectivity index (χ0v) is 20.2. The fraction of sp³-hybridized carbons (Fsp3) is 0.292. The van der Waals surface area contributed by atoms with Crippen molar-refractivity contribution in [2.75, 3.05) is 11.1 Å². The number of unbranched alkanes of at least 4 members (excludes halogenated alkanes) is 2. The molecule has 9 heteroatoms. The van der Waals surface area contributed by atoms with Gasteiger partial charge in [-0.25, -0.2) is 9.97 Å². The Bertz CT molecular complexity index is 1160. The molecule has 0 saturated carbocycles. The Morgan fingerprint density at radius 1 is 1.09 bits per heavy atom. The van der Waals surface area contributed by atoms with E-state index in [0.717, 1.165) is 29.6 Å². The van der Waals surface area contributed by atoms with Crippen molar-refractivity contribution in [2.45, 2.75) is 45.6 Å². The van der Waals surface area contributed by atoms with Crippen molar-refractivity contribution in [1.82, 2.24) is 19.5 Å². The van der Waals surface area contributed by atoms with Gasteiger partial charge in [0.1, 0.15) is 0 Å². The van der Waals surface area contributed by atoms with Gasteiger partial charge in [-0.1, -0.05) is 31.9 Å². The number of aryl methyl sites for hydroxylation is 3. The van der Waals surface area contributed by atoms with Crippen LogP contribution in [0.1, 0.15) is 47.8 Å². The lowest BCUT2D eigenvalue weighted by molar-refractivity contribution is 0.102. The highest BCUT2D eigenvalue weighted by molar-refractivity contribution is 6.05. The largest absolute Gasteiger partial charge is 0.369 e. The Kier molecular flexibility index (Phi) is 9.75. The molecule has 0 spiro atoms. The van der Waals surface area contributed by atoms with Crippen molar-refractivity contribution in [3.8, 4) is 0 Å². The molecule has 176 valence electrons. The second-order valence-corrected chi connectivity index (χ2v) is 7.76. The van der Waals surface area contributed by atoms with E-state index >= 15 is 0 Å². The Labute approximate surface area is 206 Å². The van der Waals surface area contributed by atoms with E-state index in [9.17, 15) is 4.79 Å². The molecule has 0 aliphatic carbocycles. The summed E-state index contributed by atoms with van der Waals surface area (Å²) in [6, 6.07) is 13.5. The molecule has 4 aromatic rings. The molecule has 0 saturated heterocycles. The van der Waals surface area contributed by atoms with E-state index in [4.69, 9.17) is 5.73 Å². The Morgan fingerprint density at radius 3 is 2.58 bits per heavy atom. The van der Waals surface area contributed by atoms with E-state index in [0.29, 0.717) is 23.7 Å². The number of amides is 1. The number of imidazole rings is 2. The molecular formula is C24H30Cl2N6O. The molecule has 0 aliphatic heterocycles. The number of nitrogens with zero attached hydrogens (tertiary/aromatic N) is 3. The van der Waals surface area contributed by atoms with Gasteiger partial charge >= 0.3 is 0 Å². The monoisotopic (exact) mass is 488 g/mol. The average molecular weight is 489 g/mol. The number of rotatable bonds is 9. The number of fused-ring (bicyclic) bond motifs is 1. The van der Waals surface area contributed by atoms with Gasteiger partial charge in [0.05, 0.1) is 17.4 Å². The molecule has 0 radical (unpaired) electrons. The third kappa shape index (κ3) is 6.49. The molecule has 2 aromatic carbocycles. The van der Waals surface area contributed by atoms with Crippen molar-refractivity contribution in [2.24, 2.45) is 0 Å². The summed E-state index contributed by atoms with van der Waals surface area (Å²) in [7, 11) is 0. The lowest BCUT2D eigenvalue weighted by Crippen LogP contribution is -2.11. The number of halogens is 2. The summed E-state index contributed by atoms with van der Waals surface area (Å²) in [6.45, 7) is 2.89. The van der Waals surface area contributed by atoms with E-state index in [1.54, 1.807) is 12.5 Å². The van der Waals surface area contributed by atoms with Gasteiger partial charge in [0.25, 0.3) is 5.91 Å². The van der Waals surface area contributed by atoms with E-state index in [1.807, 2.05) is 47.0 Å². The Balaban J connectivity index is 0.00000193. The number of carbonyl (C=O) groups is 1. The molecule has 7 nitrogen and oxygen atoms in total. The molecule has 2 heterocycles. The van der Waals surface area contributed by atoms with E-state index in [1.165, 1.54) is 24.8 Å². The van der Waals surface area contributed by atoms with Crippen LogP contribution in [0, 0.1) is 0 Å². The minimum absolute atomic E-state index is 0.